The highest BCUT2D eigenvalue weighted by Gasteiger charge is 2.34. The summed E-state index contributed by atoms with van der Waals surface area (Å²) in [5, 5.41) is 4.24. The summed E-state index contributed by atoms with van der Waals surface area (Å²) in [5.74, 6) is 0.623. The van der Waals surface area contributed by atoms with Crippen molar-refractivity contribution in [2.24, 2.45) is 7.05 Å². The van der Waals surface area contributed by atoms with Crippen LogP contribution in [0.5, 0.6) is 0 Å². The fourth-order valence-electron chi connectivity index (χ4n) is 5.72. The molecule has 1 atom stereocenters. The van der Waals surface area contributed by atoms with Crippen molar-refractivity contribution in [3.05, 3.63) is 44.9 Å². The fraction of sp³-hybridized carbons (Fsp3) is 0.667. The molecule has 0 radical (unpaired) electrons. The van der Waals surface area contributed by atoms with Gasteiger partial charge in [0.1, 0.15) is 5.82 Å². The van der Waals surface area contributed by atoms with Crippen molar-refractivity contribution in [3.8, 4) is 0 Å². The Labute approximate surface area is 189 Å². The second-order valence-corrected chi connectivity index (χ2v) is 9.67. The molecule has 2 fully saturated rings. The second-order valence-electron chi connectivity index (χ2n) is 9.67. The lowest BCUT2D eigenvalue weighted by Gasteiger charge is -2.38. The number of rotatable bonds is 3. The van der Waals surface area contributed by atoms with Gasteiger partial charge in [-0.15, -0.1) is 0 Å². The van der Waals surface area contributed by atoms with Crippen molar-refractivity contribution < 1.29 is 4.79 Å². The topological polar surface area (TPSA) is 87.1 Å². The zero-order chi connectivity index (χ0) is 22.2. The Morgan fingerprint density at radius 1 is 1.09 bits per heavy atom. The number of hydrogen-bond donors (Lipinski definition) is 1. The first-order valence-electron chi connectivity index (χ1n) is 12.2. The monoisotopic (exact) mass is 438 g/mol. The molecule has 2 aromatic rings. The number of hydrogen-bond acceptors (Lipinski definition) is 5. The molecule has 1 N–H and O–H groups in total. The third-order valence-electron chi connectivity index (χ3n) is 7.76. The second kappa shape index (κ2) is 8.81. The molecule has 1 saturated heterocycles. The van der Waals surface area contributed by atoms with Crippen molar-refractivity contribution in [3.63, 3.8) is 0 Å². The largest absolute Gasteiger partial charge is 0.328 e. The van der Waals surface area contributed by atoms with Crippen LogP contribution >= 0.6 is 0 Å². The van der Waals surface area contributed by atoms with Crippen LogP contribution in [0.15, 0.2) is 11.0 Å². The molecule has 8 heteroatoms. The van der Waals surface area contributed by atoms with E-state index in [0.29, 0.717) is 24.0 Å². The number of H-pyrrole nitrogens is 1. The van der Waals surface area contributed by atoms with E-state index in [0.717, 1.165) is 55.7 Å². The predicted octanol–water partition coefficient (Wildman–Crippen LogP) is 2.87. The first-order chi connectivity index (χ1) is 15.5. The maximum Gasteiger partial charge on any atom is 0.257 e. The van der Waals surface area contributed by atoms with Crippen molar-refractivity contribution >= 4 is 5.91 Å². The van der Waals surface area contributed by atoms with Gasteiger partial charge in [-0.25, -0.2) is 4.98 Å². The summed E-state index contributed by atoms with van der Waals surface area (Å²) in [6.07, 6.45) is 11.7. The lowest BCUT2D eigenvalue weighted by Crippen LogP contribution is -2.44. The van der Waals surface area contributed by atoms with Gasteiger partial charge in [0.05, 0.1) is 23.5 Å². The molecule has 2 aromatic heterocycles. The van der Waals surface area contributed by atoms with Crippen molar-refractivity contribution in [1.29, 1.82) is 0 Å². The van der Waals surface area contributed by atoms with E-state index in [-0.39, 0.29) is 17.5 Å². The summed E-state index contributed by atoms with van der Waals surface area (Å²) in [4.78, 5) is 38.8. The van der Waals surface area contributed by atoms with E-state index >= 15 is 0 Å². The number of nitrogens with one attached hydrogen (secondary N) is 1. The normalized spacial score (nSPS) is 22.7. The number of fused-ring (bicyclic) bond motifs is 1. The zero-order valence-electron chi connectivity index (χ0n) is 19.3. The van der Waals surface area contributed by atoms with E-state index in [4.69, 9.17) is 4.98 Å². The third-order valence-corrected chi connectivity index (χ3v) is 7.76. The van der Waals surface area contributed by atoms with Crippen LogP contribution in [0.1, 0.15) is 90.5 Å². The average molecular weight is 439 g/mol. The molecular formula is C24H34N6O2. The summed E-state index contributed by atoms with van der Waals surface area (Å²) < 4.78 is 1.73. The van der Waals surface area contributed by atoms with Gasteiger partial charge in [-0.05, 0) is 45.4 Å². The molecule has 1 saturated carbocycles. The Morgan fingerprint density at radius 2 is 1.88 bits per heavy atom. The van der Waals surface area contributed by atoms with E-state index in [1.165, 1.54) is 32.1 Å². The molecular weight excluding hydrogens is 404 g/mol. The molecule has 0 bridgehead atoms. The number of carbonyl (C=O) groups is 1. The molecule has 3 aliphatic rings. The molecule has 8 nitrogen and oxygen atoms in total. The van der Waals surface area contributed by atoms with Gasteiger partial charge in [0, 0.05) is 44.0 Å². The molecule has 0 aromatic carbocycles. The van der Waals surface area contributed by atoms with Gasteiger partial charge in [0.2, 0.25) is 0 Å². The molecule has 1 amide bonds. The minimum atomic E-state index is -0.195. The van der Waals surface area contributed by atoms with Crippen LogP contribution in [0, 0.1) is 6.92 Å². The summed E-state index contributed by atoms with van der Waals surface area (Å²) in [7, 11) is 1.85. The summed E-state index contributed by atoms with van der Waals surface area (Å²) >= 11 is 0. The highest BCUT2D eigenvalue weighted by molar-refractivity contribution is 5.95. The number of nitrogens with zero attached hydrogens (tertiary/aromatic N) is 5. The van der Waals surface area contributed by atoms with Crippen LogP contribution in [0.2, 0.25) is 0 Å². The van der Waals surface area contributed by atoms with Gasteiger partial charge in [-0.2, -0.15) is 5.10 Å². The van der Waals surface area contributed by atoms with Crippen LogP contribution in [-0.4, -0.2) is 54.6 Å². The molecule has 0 unspecified atom stereocenters. The number of likely N-dealkylation sites (tertiary alicyclic amines) is 1. The molecule has 172 valence electrons. The molecule has 5 rings (SSSR count). The highest BCUT2D eigenvalue weighted by atomic mass is 16.2. The van der Waals surface area contributed by atoms with E-state index in [9.17, 15) is 9.59 Å². The van der Waals surface area contributed by atoms with Crippen LogP contribution < -0.4 is 5.56 Å². The van der Waals surface area contributed by atoms with Crippen LogP contribution in [0.3, 0.4) is 0 Å². The number of amides is 1. The van der Waals surface area contributed by atoms with E-state index in [1.807, 2.05) is 18.9 Å². The summed E-state index contributed by atoms with van der Waals surface area (Å²) in [6, 6.07) is 0.418. The molecule has 1 aliphatic carbocycles. The zero-order valence-corrected chi connectivity index (χ0v) is 19.3. The number of aromatic nitrogens is 4. The van der Waals surface area contributed by atoms with Gasteiger partial charge in [0.25, 0.3) is 11.5 Å². The minimum Gasteiger partial charge on any atom is -0.328 e. The summed E-state index contributed by atoms with van der Waals surface area (Å²) in [6.45, 7) is 4.28. The number of piperidine rings is 1. The Hall–Kier alpha value is -2.48. The third kappa shape index (κ3) is 3.89. The number of carbonyl (C=O) groups excluding carboxylic acids is 1. The first-order valence-corrected chi connectivity index (χ1v) is 12.2. The standard InChI is InChI=1S/C24H34N6O2/c1-16-19(14-25-28(16)2)24(32)30-12-7-6-10-21(30)22-26-20-15-29(17-8-4-3-5-9-17)13-11-18(20)23(31)27-22/h14,17,21H,3-13,15H2,1-2H3,(H,26,27,31)/t21-/m0/s1. The highest BCUT2D eigenvalue weighted by Crippen LogP contribution is 2.32. The van der Waals surface area contributed by atoms with E-state index < -0.39 is 0 Å². The molecule has 4 heterocycles. The smallest absolute Gasteiger partial charge is 0.257 e. The van der Waals surface area contributed by atoms with Gasteiger partial charge < -0.3 is 9.88 Å². The Bertz CT molecular complexity index is 1050. The molecule has 32 heavy (non-hydrogen) atoms. The maximum atomic E-state index is 13.4. The van der Waals surface area contributed by atoms with Gasteiger partial charge in [-0.1, -0.05) is 19.3 Å². The average Bonchev–Trinajstić information content (AvgIpc) is 3.17. The Morgan fingerprint density at radius 3 is 2.62 bits per heavy atom. The van der Waals surface area contributed by atoms with Crippen LogP contribution in [-0.2, 0) is 20.0 Å². The first kappa shape index (κ1) is 21.4. The van der Waals surface area contributed by atoms with Crippen molar-refractivity contribution in [2.45, 2.75) is 83.3 Å². The Kier molecular flexibility index (Phi) is 5.88. The van der Waals surface area contributed by atoms with Gasteiger partial charge in [0.15, 0.2) is 0 Å². The van der Waals surface area contributed by atoms with E-state index in [2.05, 4.69) is 15.0 Å². The van der Waals surface area contributed by atoms with E-state index in [1.54, 1.807) is 10.9 Å². The lowest BCUT2D eigenvalue weighted by atomic mass is 9.92. The van der Waals surface area contributed by atoms with Crippen molar-refractivity contribution in [2.75, 3.05) is 13.1 Å². The lowest BCUT2D eigenvalue weighted by molar-refractivity contribution is 0.0597. The fourth-order valence-corrected chi connectivity index (χ4v) is 5.72. The van der Waals surface area contributed by atoms with Crippen LogP contribution in [0.4, 0.5) is 0 Å². The van der Waals surface area contributed by atoms with Crippen molar-refractivity contribution in [1.82, 2.24) is 29.5 Å². The van der Waals surface area contributed by atoms with Gasteiger partial charge >= 0.3 is 0 Å². The SMILES string of the molecule is Cc1c(C(=O)N2CCCC[C@H]2c2nc3c(c(=O)[nH]2)CCN(C2CCCCC2)C3)cnn1C. The summed E-state index contributed by atoms with van der Waals surface area (Å²) in [5.41, 5.74) is 3.20. The van der Waals surface area contributed by atoms with Gasteiger partial charge in [-0.3, -0.25) is 19.2 Å². The molecule has 0 spiro atoms. The molecule has 2 aliphatic heterocycles. The predicted molar refractivity (Wildman–Crippen MR) is 121 cm³/mol. The number of aryl methyl sites for hydroxylation is 1. The quantitative estimate of drug-likeness (QED) is 0.796. The minimum absolute atomic E-state index is 0.0236. The number of aromatic amines is 1. The maximum absolute atomic E-state index is 13.4. The van der Waals surface area contributed by atoms with Crippen LogP contribution in [0.25, 0.3) is 0 Å². The Balaban J connectivity index is 1.43.